The molecule has 0 bridgehead atoms. The Bertz CT molecular complexity index is 1130. The minimum atomic E-state index is -3.69. The topological polar surface area (TPSA) is 56.9 Å². The SMILES string of the molecule is Cn1cc(-c2nccn2S(=O)(=O)c2ccccc2)c2ccccc21. The van der Waals surface area contributed by atoms with Crippen LogP contribution in [-0.4, -0.2) is 21.9 Å². The summed E-state index contributed by atoms with van der Waals surface area (Å²) < 4.78 is 29.1. The Balaban J connectivity index is 1.96. The molecule has 4 aromatic rings. The first kappa shape index (κ1) is 14.7. The van der Waals surface area contributed by atoms with Crippen molar-refractivity contribution in [3.8, 4) is 11.4 Å². The van der Waals surface area contributed by atoms with Crippen LogP contribution >= 0.6 is 0 Å². The van der Waals surface area contributed by atoms with E-state index in [1.807, 2.05) is 42.1 Å². The van der Waals surface area contributed by atoms with Crippen LogP contribution in [0.2, 0.25) is 0 Å². The summed E-state index contributed by atoms with van der Waals surface area (Å²) in [5, 5.41) is 0.968. The molecule has 0 saturated heterocycles. The van der Waals surface area contributed by atoms with Crippen LogP contribution in [0, 0.1) is 0 Å². The molecule has 0 amide bonds. The molecule has 0 atom stereocenters. The highest BCUT2D eigenvalue weighted by Gasteiger charge is 2.22. The number of nitrogens with zero attached hydrogens (tertiary/aromatic N) is 3. The first-order valence-corrected chi connectivity index (χ1v) is 8.91. The molecular weight excluding hydrogens is 322 g/mol. The highest BCUT2D eigenvalue weighted by atomic mass is 32.2. The normalized spacial score (nSPS) is 11.9. The summed E-state index contributed by atoms with van der Waals surface area (Å²) >= 11 is 0. The lowest BCUT2D eigenvalue weighted by atomic mass is 10.2. The van der Waals surface area contributed by atoms with Crippen LogP contribution in [0.5, 0.6) is 0 Å². The lowest BCUT2D eigenvalue weighted by molar-refractivity contribution is 0.588. The fourth-order valence-corrected chi connectivity index (χ4v) is 4.22. The van der Waals surface area contributed by atoms with E-state index >= 15 is 0 Å². The molecule has 0 aliphatic rings. The minimum Gasteiger partial charge on any atom is -0.350 e. The van der Waals surface area contributed by atoms with Gasteiger partial charge in [-0.15, -0.1) is 0 Å². The first-order valence-electron chi connectivity index (χ1n) is 7.47. The average molecular weight is 337 g/mol. The van der Waals surface area contributed by atoms with Gasteiger partial charge in [-0.05, 0) is 18.2 Å². The maximum atomic E-state index is 12.9. The minimum absolute atomic E-state index is 0.240. The summed E-state index contributed by atoms with van der Waals surface area (Å²) in [6.45, 7) is 0. The predicted octanol–water partition coefficient (Wildman–Crippen LogP) is 3.28. The second kappa shape index (κ2) is 5.35. The second-order valence-corrected chi connectivity index (χ2v) is 7.35. The van der Waals surface area contributed by atoms with Crippen LogP contribution < -0.4 is 0 Å². The molecule has 2 aromatic heterocycles. The van der Waals surface area contributed by atoms with Crippen molar-refractivity contribution in [1.29, 1.82) is 0 Å². The van der Waals surface area contributed by atoms with Crippen molar-refractivity contribution >= 4 is 20.9 Å². The maximum absolute atomic E-state index is 12.9. The summed E-state index contributed by atoms with van der Waals surface area (Å²) in [6.07, 6.45) is 4.90. The van der Waals surface area contributed by atoms with Gasteiger partial charge in [-0.25, -0.2) is 17.4 Å². The Kier molecular flexibility index (Phi) is 3.28. The van der Waals surface area contributed by atoms with E-state index < -0.39 is 10.0 Å². The van der Waals surface area contributed by atoms with E-state index in [0.29, 0.717) is 5.82 Å². The summed E-state index contributed by atoms with van der Waals surface area (Å²) in [4.78, 5) is 4.55. The molecule has 0 unspecified atom stereocenters. The number of rotatable bonds is 3. The van der Waals surface area contributed by atoms with Crippen LogP contribution in [0.4, 0.5) is 0 Å². The highest BCUT2D eigenvalue weighted by Crippen LogP contribution is 2.30. The van der Waals surface area contributed by atoms with Gasteiger partial charge in [0.15, 0.2) is 5.82 Å². The van der Waals surface area contributed by atoms with Crippen LogP contribution in [-0.2, 0) is 17.1 Å². The van der Waals surface area contributed by atoms with Crippen molar-refractivity contribution in [2.24, 2.45) is 7.05 Å². The summed E-state index contributed by atoms with van der Waals surface area (Å²) in [5.74, 6) is 0.413. The molecule has 0 aliphatic carbocycles. The van der Waals surface area contributed by atoms with E-state index in [-0.39, 0.29) is 4.90 Å². The molecule has 0 aliphatic heterocycles. The van der Waals surface area contributed by atoms with Gasteiger partial charge in [0.05, 0.1) is 4.90 Å². The van der Waals surface area contributed by atoms with Crippen molar-refractivity contribution in [1.82, 2.24) is 13.5 Å². The number of imidazole rings is 1. The van der Waals surface area contributed by atoms with Gasteiger partial charge in [0.1, 0.15) is 0 Å². The van der Waals surface area contributed by atoms with Gasteiger partial charge >= 0.3 is 0 Å². The van der Waals surface area contributed by atoms with E-state index in [4.69, 9.17) is 0 Å². The van der Waals surface area contributed by atoms with E-state index in [1.165, 1.54) is 16.4 Å². The number of aryl methyl sites for hydroxylation is 1. The van der Waals surface area contributed by atoms with Gasteiger partial charge in [-0.2, -0.15) is 0 Å². The van der Waals surface area contributed by atoms with Crippen molar-refractivity contribution in [3.05, 3.63) is 73.2 Å². The third-order valence-electron chi connectivity index (χ3n) is 4.05. The molecule has 120 valence electrons. The van der Waals surface area contributed by atoms with Gasteiger partial charge in [0.2, 0.25) is 0 Å². The van der Waals surface area contributed by atoms with Crippen molar-refractivity contribution in [2.75, 3.05) is 0 Å². The summed E-state index contributed by atoms with van der Waals surface area (Å²) in [6, 6.07) is 16.2. The number of fused-ring (bicyclic) bond motifs is 1. The third kappa shape index (κ3) is 2.15. The van der Waals surface area contributed by atoms with E-state index in [0.717, 1.165) is 16.5 Å². The van der Waals surface area contributed by atoms with Crippen LogP contribution in [0.1, 0.15) is 0 Å². The lowest BCUT2D eigenvalue weighted by Gasteiger charge is -2.08. The van der Waals surface area contributed by atoms with Crippen molar-refractivity contribution < 1.29 is 8.42 Å². The summed E-state index contributed by atoms with van der Waals surface area (Å²) in [5.41, 5.74) is 1.82. The number of aromatic nitrogens is 3. The molecule has 0 radical (unpaired) electrons. The van der Waals surface area contributed by atoms with Gasteiger partial charge in [0, 0.05) is 42.1 Å². The van der Waals surface area contributed by atoms with Crippen LogP contribution in [0.15, 0.2) is 78.1 Å². The molecule has 6 heteroatoms. The molecule has 2 heterocycles. The number of benzene rings is 2. The Morgan fingerprint density at radius 2 is 1.67 bits per heavy atom. The first-order chi connectivity index (χ1) is 11.6. The molecule has 24 heavy (non-hydrogen) atoms. The van der Waals surface area contributed by atoms with Gasteiger partial charge in [0.25, 0.3) is 10.0 Å². The van der Waals surface area contributed by atoms with Crippen LogP contribution in [0.25, 0.3) is 22.3 Å². The molecular formula is C18H15N3O2S. The summed E-state index contributed by atoms with van der Waals surface area (Å²) in [7, 11) is -1.75. The molecule has 4 rings (SSSR count). The van der Waals surface area contributed by atoms with Gasteiger partial charge in [-0.1, -0.05) is 36.4 Å². The Labute approximate surface area is 139 Å². The molecule has 0 saturated carbocycles. The van der Waals surface area contributed by atoms with Crippen LogP contribution in [0.3, 0.4) is 0 Å². The smallest absolute Gasteiger partial charge is 0.269 e. The number of hydrogen-bond donors (Lipinski definition) is 0. The lowest BCUT2D eigenvalue weighted by Crippen LogP contribution is -2.13. The van der Waals surface area contributed by atoms with Crippen molar-refractivity contribution in [2.45, 2.75) is 4.90 Å². The Morgan fingerprint density at radius 3 is 2.46 bits per heavy atom. The molecule has 0 fully saturated rings. The Morgan fingerprint density at radius 1 is 0.958 bits per heavy atom. The number of hydrogen-bond acceptors (Lipinski definition) is 3. The molecule has 2 aromatic carbocycles. The monoisotopic (exact) mass is 337 g/mol. The maximum Gasteiger partial charge on any atom is 0.269 e. The van der Waals surface area contributed by atoms with Crippen molar-refractivity contribution in [3.63, 3.8) is 0 Å². The zero-order valence-electron chi connectivity index (χ0n) is 13.0. The van der Waals surface area contributed by atoms with Gasteiger partial charge < -0.3 is 4.57 Å². The largest absolute Gasteiger partial charge is 0.350 e. The molecule has 0 N–H and O–H groups in total. The quantitative estimate of drug-likeness (QED) is 0.576. The Hall–Kier alpha value is -2.86. The van der Waals surface area contributed by atoms with Gasteiger partial charge in [-0.3, -0.25) is 0 Å². The zero-order chi connectivity index (χ0) is 16.7. The standard InChI is InChI=1S/C18H15N3O2S/c1-20-13-16(15-9-5-6-10-17(15)20)18-19-11-12-21(18)24(22,23)14-7-3-2-4-8-14/h2-13H,1H3. The van der Waals surface area contributed by atoms with E-state index in [2.05, 4.69) is 4.98 Å². The molecule has 0 spiro atoms. The zero-order valence-corrected chi connectivity index (χ0v) is 13.8. The number of para-hydroxylation sites is 1. The fourth-order valence-electron chi connectivity index (χ4n) is 2.90. The molecule has 5 nitrogen and oxygen atoms in total. The van der Waals surface area contributed by atoms with E-state index in [1.54, 1.807) is 30.3 Å². The fraction of sp³-hybridized carbons (Fsp3) is 0.0556. The predicted molar refractivity (Wildman–Crippen MR) is 93.2 cm³/mol. The van der Waals surface area contributed by atoms with E-state index in [9.17, 15) is 8.42 Å². The second-order valence-electron chi connectivity index (χ2n) is 5.54. The average Bonchev–Trinajstić information content (AvgIpc) is 3.21. The highest BCUT2D eigenvalue weighted by molar-refractivity contribution is 7.90. The third-order valence-corrected chi connectivity index (χ3v) is 5.73.